The predicted octanol–water partition coefficient (Wildman–Crippen LogP) is 4.93. The number of fused-ring (bicyclic) bond motifs is 1. The molecule has 1 amide bonds. The Morgan fingerprint density at radius 2 is 1.77 bits per heavy atom. The van der Waals surface area contributed by atoms with Crippen molar-refractivity contribution in [3.05, 3.63) is 70.7 Å². The molecule has 0 spiro atoms. The molecule has 6 rings (SSSR count). The van der Waals surface area contributed by atoms with Gasteiger partial charge in [0, 0.05) is 63.2 Å². The third kappa shape index (κ3) is 5.48. The van der Waals surface area contributed by atoms with Gasteiger partial charge in [0.1, 0.15) is 5.82 Å². The summed E-state index contributed by atoms with van der Waals surface area (Å²) in [5, 5.41) is 2.87. The molecule has 3 aliphatic rings. The Morgan fingerprint density at radius 3 is 2.55 bits per heavy atom. The predicted molar refractivity (Wildman–Crippen MR) is 154 cm³/mol. The Labute approximate surface area is 234 Å². The fourth-order valence-electron chi connectivity index (χ4n) is 6.39. The number of piperidine rings is 1. The van der Waals surface area contributed by atoms with E-state index in [9.17, 15) is 4.79 Å². The summed E-state index contributed by atoms with van der Waals surface area (Å²) in [6.45, 7) is 4.92. The molecule has 0 aliphatic carbocycles. The number of pyridine rings is 1. The van der Waals surface area contributed by atoms with Gasteiger partial charge in [-0.2, -0.15) is 4.39 Å². The number of ether oxygens (including phenoxy) is 2. The lowest BCUT2D eigenvalue weighted by Crippen LogP contribution is -2.36. The standard InChI is InChI=1S/C32H37FN4O3/c1-39-25-7-12-37(13-8-25)19-24-17-21(2-4-26(24)20-9-14-40-15-10-20)28-18-29(31(34)36-30(28)33)22-3-5-27-23(16-22)6-11-35-32(27)38/h2-5,16-18,20,25H,6-15,19H2,1H3,(H2,34,36)(H,35,38). The SMILES string of the molecule is COC1CCN(Cc2cc(-c3cc(-c4ccc5c(c4)CCNC5=O)c(N)nc3F)ccc2C2CCOCC2)CC1. The van der Waals surface area contributed by atoms with Crippen molar-refractivity contribution in [2.24, 2.45) is 0 Å². The summed E-state index contributed by atoms with van der Waals surface area (Å²) in [5.41, 5.74) is 13.2. The van der Waals surface area contributed by atoms with Crippen LogP contribution in [0.1, 0.15) is 58.6 Å². The number of nitrogens with one attached hydrogen (secondary N) is 1. The molecule has 40 heavy (non-hydrogen) atoms. The van der Waals surface area contributed by atoms with Crippen molar-refractivity contribution in [2.75, 3.05) is 45.7 Å². The van der Waals surface area contributed by atoms with Gasteiger partial charge in [-0.25, -0.2) is 4.98 Å². The highest BCUT2D eigenvalue weighted by molar-refractivity contribution is 5.97. The lowest BCUT2D eigenvalue weighted by molar-refractivity contribution is 0.0386. The highest BCUT2D eigenvalue weighted by Crippen LogP contribution is 2.37. The van der Waals surface area contributed by atoms with Crippen LogP contribution in [0.5, 0.6) is 0 Å². The number of methoxy groups -OCH3 is 1. The number of rotatable bonds is 6. The van der Waals surface area contributed by atoms with Crippen molar-refractivity contribution in [1.82, 2.24) is 15.2 Å². The van der Waals surface area contributed by atoms with Crippen LogP contribution in [-0.2, 0) is 22.4 Å². The van der Waals surface area contributed by atoms with E-state index in [2.05, 4.69) is 27.3 Å². The van der Waals surface area contributed by atoms with Crippen LogP contribution < -0.4 is 11.1 Å². The van der Waals surface area contributed by atoms with Gasteiger partial charge in [-0.3, -0.25) is 9.69 Å². The van der Waals surface area contributed by atoms with E-state index in [0.717, 1.165) is 81.6 Å². The van der Waals surface area contributed by atoms with Crippen LogP contribution in [-0.4, -0.2) is 61.9 Å². The van der Waals surface area contributed by atoms with Crippen LogP contribution in [0.25, 0.3) is 22.3 Å². The van der Waals surface area contributed by atoms with E-state index in [4.69, 9.17) is 15.2 Å². The quantitative estimate of drug-likeness (QED) is 0.428. The van der Waals surface area contributed by atoms with Gasteiger partial charge in [0.25, 0.3) is 5.91 Å². The number of nitrogen functional groups attached to an aromatic ring is 1. The molecule has 8 heteroatoms. The van der Waals surface area contributed by atoms with Crippen molar-refractivity contribution in [2.45, 2.75) is 50.7 Å². The first-order valence-corrected chi connectivity index (χ1v) is 14.3. The molecular weight excluding hydrogens is 507 g/mol. The summed E-state index contributed by atoms with van der Waals surface area (Å²) < 4.78 is 26.6. The number of hydrogen-bond donors (Lipinski definition) is 2. The molecule has 2 saturated heterocycles. The number of halogens is 1. The van der Waals surface area contributed by atoms with Gasteiger partial charge in [-0.1, -0.05) is 24.3 Å². The van der Waals surface area contributed by atoms with Crippen LogP contribution in [0.15, 0.2) is 42.5 Å². The smallest absolute Gasteiger partial charge is 0.251 e. The molecule has 0 radical (unpaired) electrons. The molecule has 4 heterocycles. The van der Waals surface area contributed by atoms with E-state index in [1.54, 1.807) is 13.2 Å². The van der Waals surface area contributed by atoms with Crippen molar-refractivity contribution >= 4 is 11.7 Å². The molecule has 0 saturated carbocycles. The van der Waals surface area contributed by atoms with Gasteiger partial charge < -0.3 is 20.5 Å². The first-order valence-electron chi connectivity index (χ1n) is 14.3. The summed E-state index contributed by atoms with van der Waals surface area (Å²) >= 11 is 0. The van der Waals surface area contributed by atoms with E-state index < -0.39 is 5.95 Å². The molecule has 3 aromatic rings. The number of nitrogens with zero attached hydrogens (tertiary/aromatic N) is 2. The topological polar surface area (TPSA) is 89.7 Å². The first-order chi connectivity index (χ1) is 19.5. The number of hydrogen-bond acceptors (Lipinski definition) is 6. The maximum atomic E-state index is 15.4. The summed E-state index contributed by atoms with van der Waals surface area (Å²) in [7, 11) is 1.79. The van der Waals surface area contributed by atoms with E-state index in [1.807, 2.05) is 24.3 Å². The van der Waals surface area contributed by atoms with Crippen LogP contribution in [0.3, 0.4) is 0 Å². The molecule has 1 aromatic heterocycles. The third-order valence-electron chi connectivity index (χ3n) is 8.72. The van der Waals surface area contributed by atoms with Crippen LogP contribution in [0.4, 0.5) is 10.2 Å². The second kappa shape index (κ2) is 11.6. The van der Waals surface area contributed by atoms with Gasteiger partial charge in [0.05, 0.1) is 6.10 Å². The number of carbonyl (C=O) groups excluding carboxylic acids is 1. The summed E-state index contributed by atoms with van der Waals surface area (Å²) in [6.07, 6.45) is 5.10. The molecule has 0 atom stereocenters. The van der Waals surface area contributed by atoms with Crippen molar-refractivity contribution in [3.8, 4) is 22.3 Å². The normalized spacial score (nSPS) is 18.9. The number of likely N-dealkylation sites (tertiary alicyclic amines) is 1. The molecule has 0 unspecified atom stereocenters. The van der Waals surface area contributed by atoms with E-state index in [-0.39, 0.29) is 11.7 Å². The number of amides is 1. The van der Waals surface area contributed by atoms with Gasteiger partial charge in [0.15, 0.2) is 0 Å². The fraction of sp³-hybridized carbons (Fsp3) is 0.438. The largest absolute Gasteiger partial charge is 0.383 e. The number of anilines is 1. The minimum absolute atomic E-state index is 0.0673. The second-order valence-electron chi connectivity index (χ2n) is 11.1. The Kier molecular flexibility index (Phi) is 7.82. The zero-order chi connectivity index (χ0) is 27.6. The average Bonchev–Trinajstić information content (AvgIpc) is 2.98. The van der Waals surface area contributed by atoms with Crippen molar-refractivity contribution in [3.63, 3.8) is 0 Å². The van der Waals surface area contributed by atoms with E-state index >= 15 is 4.39 Å². The van der Waals surface area contributed by atoms with Crippen LogP contribution in [0.2, 0.25) is 0 Å². The second-order valence-corrected chi connectivity index (χ2v) is 11.1. The monoisotopic (exact) mass is 544 g/mol. The summed E-state index contributed by atoms with van der Waals surface area (Å²) in [4.78, 5) is 18.8. The number of carbonyl (C=O) groups is 1. The molecule has 3 aliphatic heterocycles. The molecule has 210 valence electrons. The van der Waals surface area contributed by atoms with Gasteiger partial charge in [-0.05, 0) is 84.0 Å². The molecule has 7 nitrogen and oxygen atoms in total. The van der Waals surface area contributed by atoms with Crippen LogP contribution in [0, 0.1) is 5.95 Å². The van der Waals surface area contributed by atoms with Crippen molar-refractivity contribution < 1.29 is 18.7 Å². The van der Waals surface area contributed by atoms with E-state index in [0.29, 0.717) is 35.3 Å². The van der Waals surface area contributed by atoms with Gasteiger partial charge in [-0.15, -0.1) is 0 Å². The molecule has 0 bridgehead atoms. The first kappa shape index (κ1) is 26.9. The average molecular weight is 545 g/mol. The maximum Gasteiger partial charge on any atom is 0.251 e. The van der Waals surface area contributed by atoms with Gasteiger partial charge in [0.2, 0.25) is 5.95 Å². The Morgan fingerprint density at radius 1 is 1.02 bits per heavy atom. The Bertz CT molecular complexity index is 1400. The zero-order valence-corrected chi connectivity index (χ0v) is 23.0. The summed E-state index contributed by atoms with van der Waals surface area (Å²) in [6, 6.07) is 13.8. The van der Waals surface area contributed by atoms with Gasteiger partial charge >= 0.3 is 0 Å². The zero-order valence-electron chi connectivity index (χ0n) is 23.0. The van der Waals surface area contributed by atoms with Crippen molar-refractivity contribution in [1.29, 1.82) is 0 Å². The maximum absolute atomic E-state index is 15.4. The Hall–Kier alpha value is -3.33. The van der Waals surface area contributed by atoms with Crippen LogP contribution >= 0.6 is 0 Å². The molecule has 2 aromatic carbocycles. The molecule has 2 fully saturated rings. The minimum Gasteiger partial charge on any atom is -0.383 e. The highest BCUT2D eigenvalue weighted by atomic mass is 19.1. The number of aromatic nitrogens is 1. The lowest BCUT2D eigenvalue weighted by Gasteiger charge is -2.33. The number of nitrogens with two attached hydrogens (primary N) is 1. The fourth-order valence-corrected chi connectivity index (χ4v) is 6.39. The minimum atomic E-state index is -0.579. The lowest BCUT2D eigenvalue weighted by atomic mass is 9.86. The summed E-state index contributed by atoms with van der Waals surface area (Å²) in [5.74, 6) is -0.0694. The molecule has 3 N–H and O–H groups in total. The number of benzene rings is 2. The Balaban J connectivity index is 1.36. The molecular formula is C32H37FN4O3. The third-order valence-corrected chi connectivity index (χ3v) is 8.72. The van der Waals surface area contributed by atoms with E-state index in [1.165, 1.54) is 11.1 Å². The highest BCUT2D eigenvalue weighted by Gasteiger charge is 2.24.